The van der Waals surface area contributed by atoms with Crippen molar-refractivity contribution in [3.8, 4) is 0 Å². The van der Waals surface area contributed by atoms with Crippen molar-refractivity contribution in [1.82, 2.24) is 0 Å². The summed E-state index contributed by atoms with van der Waals surface area (Å²) in [6.07, 6.45) is 6.81. The molecule has 0 fully saturated rings. The summed E-state index contributed by atoms with van der Waals surface area (Å²) < 4.78 is 0. The average Bonchev–Trinajstić information content (AvgIpc) is 2.32. The van der Waals surface area contributed by atoms with Crippen molar-refractivity contribution in [2.45, 2.75) is 90.3 Å². The first-order chi connectivity index (χ1) is 7.49. The first kappa shape index (κ1) is 15.9. The second kappa shape index (κ2) is 7.29. The molecule has 16 heavy (non-hydrogen) atoms. The number of unbranched alkanes of at least 4 members (excludes halogenated alkanes) is 2. The summed E-state index contributed by atoms with van der Waals surface area (Å²) in [7, 11) is 0. The van der Waals surface area contributed by atoms with Crippen LogP contribution in [0, 0.1) is 0 Å². The quantitative estimate of drug-likeness (QED) is 0.635. The highest BCUT2D eigenvalue weighted by atomic mass is 16.4. The highest BCUT2D eigenvalue weighted by Gasteiger charge is 2.45. The van der Waals surface area contributed by atoms with Crippen LogP contribution in [-0.4, -0.2) is 21.4 Å². The third-order valence-electron chi connectivity index (χ3n) is 3.92. The SMILES string of the molecule is CCCCC(O)(CC)C(O)(CC)CCCC. The lowest BCUT2D eigenvalue weighted by Gasteiger charge is -2.43. The fourth-order valence-electron chi connectivity index (χ4n) is 2.42. The first-order valence-electron chi connectivity index (χ1n) is 6.94. The molecule has 2 nitrogen and oxygen atoms in total. The molecule has 0 aliphatic carbocycles. The molecular weight excluding hydrogens is 200 g/mol. The molecule has 0 radical (unpaired) electrons. The van der Waals surface area contributed by atoms with E-state index in [0.29, 0.717) is 25.7 Å². The summed E-state index contributed by atoms with van der Waals surface area (Å²) in [4.78, 5) is 0. The van der Waals surface area contributed by atoms with Crippen LogP contribution in [0.3, 0.4) is 0 Å². The van der Waals surface area contributed by atoms with E-state index in [1.807, 2.05) is 13.8 Å². The molecule has 98 valence electrons. The van der Waals surface area contributed by atoms with Crippen molar-refractivity contribution in [3.63, 3.8) is 0 Å². The summed E-state index contributed by atoms with van der Waals surface area (Å²) >= 11 is 0. The Balaban J connectivity index is 4.68. The van der Waals surface area contributed by atoms with Crippen molar-refractivity contribution in [3.05, 3.63) is 0 Å². The molecule has 2 heteroatoms. The molecule has 2 atom stereocenters. The predicted octanol–water partition coefficient (Wildman–Crippen LogP) is 3.65. The molecule has 0 heterocycles. The van der Waals surface area contributed by atoms with Gasteiger partial charge in [0.05, 0.1) is 11.2 Å². The zero-order chi connectivity index (χ0) is 12.7. The Hall–Kier alpha value is -0.0800. The van der Waals surface area contributed by atoms with Crippen LogP contribution in [-0.2, 0) is 0 Å². The van der Waals surface area contributed by atoms with Gasteiger partial charge in [-0.1, -0.05) is 53.4 Å². The minimum Gasteiger partial charge on any atom is -0.387 e. The van der Waals surface area contributed by atoms with Crippen molar-refractivity contribution in [2.24, 2.45) is 0 Å². The lowest BCUT2D eigenvalue weighted by molar-refractivity contribution is -0.165. The van der Waals surface area contributed by atoms with E-state index in [1.165, 1.54) is 0 Å². The number of hydrogen-bond acceptors (Lipinski definition) is 2. The van der Waals surface area contributed by atoms with Gasteiger partial charge in [0.15, 0.2) is 0 Å². The summed E-state index contributed by atoms with van der Waals surface area (Å²) in [5.41, 5.74) is -1.79. The van der Waals surface area contributed by atoms with Gasteiger partial charge in [-0.15, -0.1) is 0 Å². The number of hydrogen-bond donors (Lipinski definition) is 2. The van der Waals surface area contributed by atoms with Crippen LogP contribution in [0.4, 0.5) is 0 Å². The molecule has 0 amide bonds. The molecule has 0 aromatic heterocycles. The van der Waals surface area contributed by atoms with Gasteiger partial charge in [-0.3, -0.25) is 0 Å². The fraction of sp³-hybridized carbons (Fsp3) is 1.00. The van der Waals surface area contributed by atoms with Crippen LogP contribution in [0.1, 0.15) is 79.1 Å². The Bertz CT molecular complexity index is 162. The largest absolute Gasteiger partial charge is 0.387 e. The van der Waals surface area contributed by atoms with Gasteiger partial charge in [-0.2, -0.15) is 0 Å². The van der Waals surface area contributed by atoms with Gasteiger partial charge in [-0.05, 0) is 25.7 Å². The Morgan fingerprint density at radius 3 is 1.19 bits per heavy atom. The molecule has 0 bridgehead atoms. The topological polar surface area (TPSA) is 40.5 Å². The van der Waals surface area contributed by atoms with Gasteiger partial charge >= 0.3 is 0 Å². The van der Waals surface area contributed by atoms with Crippen molar-refractivity contribution in [2.75, 3.05) is 0 Å². The van der Waals surface area contributed by atoms with Crippen molar-refractivity contribution < 1.29 is 10.2 Å². The smallest absolute Gasteiger partial charge is 0.0930 e. The van der Waals surface area contributed by atoms with E-state index in [9.17, 15) is 10.2 Å². The second-order valence-electron chi connectivity index (χ2n) is 4.98. The average molecular weight is 230 g/mol. The molecule has 0 aromatic rings. The van der Waals surface area contributed by atoms with Crippen molar-refractivity contribution in [1.29, 1.82) is 0 Å². The highest BCUT2D eigenvalue weighted by molar-refractivity contribution is 4.97. The zero-order valence-electron chi connectivity index (χ0n) is 11.6. The monoisotopic (exact) mass is 230 g/mol. The molecule has 0 spiro atoms. The maximum absolute atomic E-state index is 10.6. The van der Waals surface area contributed by atoms with E-state index in [2.05, 4.69) is 13.8 Å². The Labute approximate surface area is 101 Å². The fourth-order valence-corrected chi connectivity index (χ4v) is 2.42. The molecule has 0 saturated carbocycles. The minimum absolute atomic E-state index is 0.640. The Morgan fingerprint density at radius 2 is 1.00 bits per heavy atom. The third kappa shape index (κ3) is 3.74. The summed E-state index contributed by atoms with van der Waals surface area (Å²) in [5.74, 6) is 0. The van der Waals surface area contributed by atoms with E-state index < -0.39 is 11.2 Å². The minimum atomic E-state index is -0.896. The van der Waals surface area contributed by atoms with Crippen LogP contribution in [0.2, 0.25) is 0 Å². The van der Waals surface area contributed by atoms with Gasteiger partial charge in [-0.25, -0.2) is 0 Å². The molecule has 2 unspecified atom stereocenters. The normalized spacial score (nSPS) is 19.1. The molecule has 0 rings (SSSR count). The first-order valence-corrected chi connectivity index (χ1v) is 6.94. The number of aliphatic hydroxyl groups is 2. The molecular formula is C14H30O2. The van der Waals surface area contributed by atoms with Crippen LogP contribution < -0.4 is 0 Å². The van der Waals surface area contributed by atoms with E-state index in [-0.39, 0.29) is 0 Å². The second-order valence-corrected chi connectivity index (χ2v) is 4.98. The van der Waals surface area contributed by atoms with E-state index in [0.717, 1.165) is 25.7 Å². The van der Waals surface area contributed by atoms with Crippen molar-refractivity contribution >= 4 is 0 Å². The van der Waals surface area contributed by atoms with E-state index in [4.69, 9.17) is 0 Å². The zero-order valence-corrected chi connectivity index (χ0v) is 11.6. The van der Waals surface area contributed by atoms with Gasteiger partial charge in [0.1, 0.15) is 0 Å². The molecule has 0 saturated heterocycles. The summed E-state index contributed by atoms with van der Waals surface area (Å²) in [6.45, 7) is 8.19. The molecule has 0 aliphatic rings. The predicted molar refractivity (Wildman–Crippen MR) is 69.5 cm³/mol. The van der Waals surface area contributed by atoms with Gasteiger partial charge in [0, 0.05) is 0 Å². The lowest BCUT2D eigenvalue weighted by atomic mass is 9.73. The van der Waals surface area contributed by atoms with Gasteiger partial charge in [0.2, 0.25) is 0 Å². The van der Waals surface area contributed by atoms with Gasteiger partial charge < -0.3 is 10.2 Å². The van der Waals surface area contributed by atoms with Crippen LogP contribution in [0.5, 0.6) is 0 Å². The maximum atomic E-state index is 10.6. The van der Waals surface area contributed by atoms with Crippen LogP contribution >= 0.6 is 0 Å². The summed E-state index contributed by atoms with van der Waals surface area (Å²) in [6, 6.07) is 0. The van der Waals surface area contributed by atoms with Crippen LogP contribution in [0.25, 0.3) is 0 Å². The van der Waals surface area contributed by atoms with Gasteiger partial charge in [0.25, 0.3) is 0 Å². The van der Waals surface area contributed by atoms with E-state index >= 15 is 0 Å². The van der Waals surface area contributed by atoms with Crippen LogP contribution in [0.15, 0.2) is 0 Å². The highest BCUT2D eigenvalue weighted by Crippen LogP contribution is 2.37. The summed E-state index contributed by atoms with van der Waals surface area (Å²) in [5, 5.41) is 21.3. The van der Waals surface area contributed by atoms with E-state index in [1.54, 1.807) is 0 Å². The Kier molecular flexibility index (Phi) is 7.25. The molecule has 0 aliphatic heterocycles. The lowest BCUT2D eigenvalue weighted by Crippen LogP contribution is -2.53. The molecule has 2 N–H and O–H groups in total. The third-order valence-corrected chi connectivity index (χ3v) is 3.92. The standard InChI is InChI=1S/C14H30O2/c1-5-9-11-13(15,7-3)14(16,8-4)12-10-6-2/h15-16H,5-12H2,1-4H3. The molecule has 0 aromatic carbocycles. The Morgan fingerprint density at radius 1 is 0.688 bits per heavy atom. The maximum Gasteiger partial charge on any atom is 0.0930 e. The number of rotatable bonds is 9.